The number of nitrogens with zero attached hydrogens (tertiary/aromatic N) is 2. The van der Waals surface area contributed by atoms with Crippen molar-refractivity contribution in [3.8, 4) is 5.75 Å². The Labute approximate surface area is 98.5 Å². The van der Waals surface area contributed by atoms with Crippen LogP contribution >= 0.6 is 0 Å². The van der Waals surface area contributed by atoms with Gasteiger partial charge in [-0.05, 0) is 26.2 Å². The Morgan fingerprint density at radius 3 is 2.50 bits per heavy atom. The summed E-state index contributed by atoms with van der Waals surface area (Å²) in [4.78, 5) is 0. The maximum Gasteiger partial charge on any atom is 0.160 e. The SMILES string of the molecule is CCCCc1nn(CC)c(C(C)CC)c1O. The van der Waals surface area contributed by atoms with Gasteiger partial charge in [-0.3, -0.25) is 4.68 Å². The molecule has 1 aromatic rings. The third kappa shape index (κ3) is 2.57. The maximum atomic E-state index is 10.2. The molecule has 1 N–H and O–H groups in total. The average Bonchev–Trinajstić information content (AvgIpc) is 2.62. The predicted molar refractivity (Wildman–Crippen MR) is 66.9 cm³/mol. The monoisotopic (exact) mass is 224 g/mol. The first-order valence-corrected chi connectivity index (χ1v) is 6.44. The lowest BCUT2D eigenvalue weighted by Crippen LogP contribution is -2.05. The normalized spacial score (nSPS) is 13.0. The van der Waals surface area contributed by atoms with Crippen molar-refractivity contribution in [2.24, 2.45) is 0 Å². The number of hydrogen-bond donors (Lipinski definition) is 1. The molecular weight excluding hydrogens is 200 g/mol. The third-order valence-corrected chi connectivity index (χ3v) is 3.18. The highest BCUT2D eigenvalue weighted by Gasteiger charge is 2.19. The highest BCUT2D eigenvalue weighted by Crippen LogP contribution is 2.31. The molecule has 0 amide bonds. The van der Waals surface area contributed by atoms with Crippen LogP contribution in [0.5, 0.6) is 5.75 Å². The summed E-state index contributed by atoms with van der Waals surface area (Å²) in [7, 11) is 0. The zero-order valence-electron chi connectivity index (χ0n) is 11.0. The largest absolute Gasteiger partial charge is 0.504 e. The molecule has 0 aromatic carbocycles. The molecule has 92 valence electrons. The van der Waals surface area contributed by atoms with E-state index in [9.17, 15) is 5.11 Å². The van der Waals surface area contributed by atoms with E-state index in [1.54, 1.807) is 0 Å². The summed E-state index contributed by atoms with van der Waals surface area (Å²) in [6, 6.07) is 0. The molecule has 0 saturated carbocycles. The second kappa shape index (κ2) is 5.92. The quantitative estimate of drug-likeness (QED) is 0.803. The van der Waals surface area contributed by atoms with Gasteiger partial charge in [0.05, 0.1) is 5.69 Å². The van der Waals surface area contributed by atoms with Crippen molar-refractivity contribution in [1.82, 2.24) is 9.78 Å². The van der Waals surface area contributed by atoms with Gasteiger partial charge in [0, 0.05) is 12.5 Å². The summed E-state index contributed by atoms with van der Waals surface area (Å²) in [5.41, 5.74) is 1.88. The second-order valence-corrected chi connectivity index (χ2v) is 4.41. The van der Waals surface area contributed by atoms with Crippen LogP contribution in [0, 0.1) is 0 Å². The van der Waals surface area contributed by atoms with Crippen molar-refractivity contribution in [3.05, 3.63) is 11.4 Å². The van der Waals surface area contributed by atoms with Crippen LogP contribution in [0.4, 0.5) is 0 Å². The number of rotatable bonds is 6. The van der Waals surface area contributed by atoms with Crippen molar-refractivity contribution < 1.29 is 5.11 Å². The van der Waals surface area contributed by atoms with Gasteiger partial charge in [0.15, 0.2) is 5.75 Å². The van der Waals surface area contributed by atoms with Crippen molar-refractivity contribution >= 4 is 0 Å². The minimum atomic E-state index is 0.378. The molecule has 1 aromatic heterocycles. The summed E-state index contributed by atoms with van der Waals surface area (Å²) >= 11 is 0. The van der Waals surface area contributed by atoms with Crippen LogP contribution in [0.1, 0.15) is 64.3 Å². The van der Waals surface area contributed by atoms with Crippen LogP contribution in [0.15, 0.2) is 0 Å². The van der Waals surface area contributed by atoms with E-state index < -0.39 is 0 Å². The van der Waals surface area contributed by atoms with Crippen LogP contribution in [-0.2, 0) is 13.0 Å². The van der Waals surface area contributed by atoms with Gasteiger partial charge in [0.25, 0.3) is 0 Å². The molecule has 0 aliphatic rings. The zero-order valence-corrected chi connectivity index (χ0v) is 11.0. The van der Waals surface area contributed by atoms with E-state index in [0.29, 0.717) is 11.7 Å². The molecule has 0 fully saturated rings. The topological polar surface area (TPSA) is 38.0 Å². The number of aryl methyl sites for hydroxylation is 2. The third-order valence-electron chi connectivity index (χ3n) is 3.18. The lowest BCUT2D eigenvalue weighted by molar-refractivity contribution is 0.448. The number of aromatic nitrogens is 2. The van der Waals surface area contributed by atoms with Gasteiger partial charge in [0.2, 0.25) is 0 Å². The van der Waals surface area contributed by atoms with Gasteiger partial charge in [-0.2, -0.15) is 5.10 Å². The summed E-state index contributed by atoms with van der Waals surface area (Å²) < 4.78 is 1.95. The van der Waals surface area contributed by atoms with E-state index in [1.807, 2.05) is 4.68 Å². The highest BCUT2D eigenvalue weighted by molar-refractivity contribution is 5.34. The number of unbranched alkanes of at least 4 members (excludes halogenated alkanes) is 1. The molecule has 3 heteroatoms. The molecule has 1 unspecified atom stereocenters. The maximum absolute atomic E-state index is 10.2. The number of hydrogen-bond acceptors (Lipinski definition) is 2. The van der Waals surface area contributed by atoms with Gasteiger partial charge >= 0.3 is 0 Å². The first kappa shape index (κ1) is 13.1. The fraction of sp³-hybridized carbons (Fsp3) is 0.769. The predicted octanol–water partition coefficient (Wildman–Crippen LogP) is 3.46. The Morgan fingerprint density at radius 2 is 2.00 bits per heavy atom. The minimum Gasteiger partial charge on any atom is -0.504 e. The molecule has 1 heterocycles. The molecule has 0 saturated heterocycles. The summed E-state index contributed by atoms with van der Waals surface area (Å²) in [5, 5.41) is 14.7. The smallest absolute Gasteiger partial charge is 0.160 e. The molecular formula is C13H24N2O. The van der Waals surface area contributed by atoms with E-state index in [2.05, 4.69) is 32.8 Å². The van der Waals surface area contributed by atoms with Crippen LogP contribution in [-0.4, -0.2) is 14.9 Å². The van der Waals surface area contributed by atoms with E-state index in [-0.39, 0.29) is 0 Å². The standard InChI is InChI=1S/C13H24N2O/c1-5-8-9-11-13(16)12(10(4)6-2)15(7-3)14-11/h10,16H,5-9H2,1-4H3. The van der Waals surface area contributed by atoms with E-state index in [0.717, 1.165) is 43.6 Å². The average molecular weight is 224 g/mol. The Kier molecular flexibility index (Phi) is 4.84. The van der Waals surface area contributed by atoms with E-state index in [4.69, 9.17) is 0 Å². The van der Waals surface area contributed by atoms with Gasteiger partial charge in [0.1, 0.15) is 5.69 Å². The van der Waals surface area contributed by atoms with Crippen molar-refractivity contribution in [1.29, 1.82) is 0 Å². The van der Waals surface area contributed by atoms with Gasteiger partial charge in [-0.25, -0.2) is 0 Å². The molecule has 1 atom stereocenters. The molecule has 0 bridgehead atoms. The van der Waals surface area contributed by atoms with E-state index >= 15 is 0 Å². The Hall–Kier alpha value is -0.990. The summed E-state index contributed by atoms with van der Waals surface area (Å²) in [6.07, 6.45) is 4.15. The molecule has 0 aliphatic carbocycles. The van der Waals surface area contributed by atoms with Crippen LogP contribution in [0.2, 0.25) is 0 Å². The van der Waals surface area contributed by atoms with Crippen molar-refractivity contribution in [3.63, 3.8) is 0 Å². The van der Waals surface area contributed by atoms with Gasteiger partial charge in [-0.1, -0.05) is 27.2 Å². The van der Waals surface area contributed by atoms with Crippen LogP contribution < -0.4 is 0 Å². The van der Waals surface area contributed by atoms with Crippen LogP contribution in [0.3, 0.4) is 0 Å². The van der Waals surface area contributed by atoms with Gasteiger partial charge in [-0.15, -0.1) is 0 Å². The summed E-state index contributed by atoms with van der Waals surface area (Å²) in [6.45, 7) is 9.35. The van der Waals surface area contributed by atoms with Crippen LogP contribution in [0.25, 0.3) is 0 Å². The zero-order chi connectivity index (χ0) is 12.1. The van der Waals surface area contributed by atoms with Gasteiger partial charge < -0.3 is 5.11 Å². The van der Waals surface area contributed by atoms with E-state index in [1.165, 1.54) is 0 Å². The molecule has 3 nitrogen and oxygen atoms in total. The Bertz CT molecular complexity index is 331. The lowest BCUT2D eigenvalue weighted by Gasteiger charge is -2.10. The first-order chi connectivity index (χ1) is 7.65. The molecule has 0 spiro atoms. The first-order valence-electron chi connectivity index (χ1n) is 6.44. The fourth-order valence-corrected chi connectivity index (χ4v) is 1.95. The van der Waals surface area contributed by atoms with Crippen molar-refractivity contribution in [2.45, 2.75) is 65.8 Å². The second-order valence-electron chi connectivity index (χ2n) is 4.41. The van der Waals surface area contributed by atoms with Crippen molar-refractivity contribution in [2.75, 3.05) is 0 Å². The molecule has 0 radical (unpaired) electrons. The highest BCUT2D eigenvalue weighted by atomic mass is 16.3. The Balaban J connectivity index is 3.01. The molecule has 1 rings (SSSR count). The Morgan fingerprint density at radius 1 is 1.31 bits per heavy atom. The lowest BCUT2D eigenvalue weighted by atomic mass is 10.0. The number of aromatic hydroxyl groups is 1. The summed E-state index contributed by atoms with van der Waals surface area (Å²) in [5.74, 6) is 0.812. The minimum absolute atomic E-state index is 0.378. The molecule has 0 aliphatic heterocycles. The molecule has 16 heavy (non-hydrogen) atoms. The fourth-order valence-electron chi connectivity index (χ4n) is 1.95.